The number of halogens is 3. The number of hydrogen-bond donors (Lipinski definition) is 1. The molecule has 0 atom stereocenters. The molecule has 0 radical (unpaired) electrons. The van der Waals surface area contributed by atoms with Crippen molar-refractivity contribution in [2.45, 2.75) is 33.4 Å². The molecule has 19 heavy (non-hydrogen) atoms. The van der Waals surface area contributed by atoms with E-state index in [1.807, 2.05) is 20.8 Å². The van der Waals surface area contributed by atoms with Crippen molar-refractivity contribution in [3.8, 4) is 5.88 Å². The molecule has 0 aliphatic carbocycles. The summed E-state index contributed by atoms with van der Waals surface area (Å²) in [5.74, 6) is -0.184. The number of nitrogens with zero attached hydrogens (tertiary/aromatic N) is 2. The van der Waals surface area contributed by atoms with Gasteiger partial charge in [-0.3, -0.25) is 0 Å². The van der Waals surface area contributed by atoms with Gasteiger partial charge < -0.3 is 10.1 Å². The van der Waals surface area contributed by atoms with Crippen LogP contribution >= 0.6 is 0 Å². The fraction of sp³-hybridized carbons (Fsp3) is 0.667. The van der Waals surface area contributed by atoms with Gasteiger partial charge in [0.1, 0.15) is 0 Å². The third kappa shape index (κ3) is 5.32. The lowest BCUT2D eigenvalue weighted by Gasteiger charge is -2.18. The Morgan fingerprint density at radius 1 is 1.21 bits per heavy atom. The van der Waals surface area contributed by atoms with Gasteiger partial charge in [-0.25, -0.2) is 4.98 Å². The molecule has 0 aliphatic rings. The van der Waals surface area contributed by atoms with Crippen LogP contribution in [-0.2, 0) is 6.18 Å². The Kier molecular flexibility index (Phi) is 4.60. The number of hydrogen-bond acceptors (Lipinski definition) is 4. The summed E-state index contributed by atoms with van der Waals surface area (Å²) in [6.45, 7) is 6.38. The second-order valence-corrected chi connectivity index (χ2v) is 5.32. The molecule has 1 heterocycles. The fourth-order valence-electron chi connectivity index (χ4n) is 1.22. The van der Waals surface area contributed by atoms with Crippen LogP contribution in [0.1, 0.15) is 32.9 Å². The number of rotatable bonds is 4. The third-order valence-electron chi connectivity index (χ3n) is 2.32. The van der Waals surface area contributed by atoms with Gasteiger partial charge in [0.05, 0.1) is 6.61 Å². The first kappa shape index (κ1) is 15.5. The highest BCUT2D eigenvalue weighted by atomic mass is 19.4. The second kappa shape index (κ2) is 5.63. The predicted molar refractivity (Wildman–Crippen MR) is 66.1 cm³/mol. The number of anilines is 1. The average molecular weight is 277 g/mol. The maximum Gasteiger partial charge on any atom is 0.433 e. The van der Waals surface area contributed by atoms with E-state index in [0.29, 0.717) is 13.0 Å². The highest BCUT2D eigenvalue weighted by Crippen LogP contribution is 2.30. The summed E-state index contributed by atoms with van der Waals surface area (Å²) < 4.78 is 43.1. The molecule has 0 unspecified atom stereocenters. The summed E-state index contributed by atoms with van der Waals surface area (Å²) in [4.78, 5) is 7.19. The van der Waals surface area contributed by atoms with Gasteiger partial charge in [0.15, 0.2) is 5.69 Å². The number of nitrogens with one attached hydrogen (secondary N) is 1. The zero-order chi connectivity index (χ0) is 14.7. The van der Waals surface area contributed by atoms with Gasteiger partial charge in [0, 0.05) is 13.1 Å². The molecule has 1 aromatic rings. The first-order valence-electron chi connectivity index (χ1n) is 5.89. The normalized spacial score (nSPS) is 12.4. The minimum Gasteiger partial charge on any atom is -0.478 e. The lowest BCUT2D eigenvalue weighted by Crippen LogP contribution is -2.14. The Bertz CT molecular complexity index is 427. The smallest absolute Gasteiger partial charge is 0.433 e. The number of alkyl halides is 3. The summed E-state index contributed by atoms with van der Waals surface area (Å²) in [5.41, 5.74) is -0.969. The Morgan fingerprint density at radius 3 is 2.32 bits per heavy atom. The summed E-state index contributed by atoms with van der Waals surface area (Å²) in [6, 6.07) is 0.809. The van der Waals surface area contributed by atoms with Gasteiger partial charge in [0.25, 0.3) is 0 Å². The zero-order valence-electron chi connectivity index (χ0n) is 11.4. The molecule has 0 saturated carbocycles. The van der Waals surface area contributed by atoms with Crippen molar-refractivity contribution in [3.63, 3.8) is 0 Å². The molecule has 0 aliphatic heterocycles. The molecule has 0 spiro atoms. The van der Waals surface area contributed by atoms with Crippen molar-refractivity contribution in [2.24, 2.45) is 5.41 Å². The van der Waals surface area contributed by atoms with Crippen molar-refractivity contribution in [3.05, 3.63) is 11.8 Å². The zero-order valence-corrected chi connectivity index (χ0v) is 11.4. The van der Waals surface area contributed by atoms with Crippen molar-refractivity contribution in [1.82, 2.24) is 9.97 Å². The van der Waals surface area contributed by atoms with Crippen LogP contribution in [0.4, 0.5) is 19.1 Å². The summed E-state index contributed by atoms with van der Waals surface area (Å²) in [7, 11) is 1.45. The fourth-order valence-corrected chi connectivity index (χ4v) is 1.22. The first-order valence-corrected chi connectivity index (χ1v) is 5.89. The molecule has 0 aromatic carbocycles. The van der Waals surface area contributed by atoms with Gasteiger partial charge in [-0.2, -0.15) is 18.2 Å². The minimum absolute atomic E-state index is 0.0473. The summed E-state index contributed by atoms with van der Waals surface area (Å²) in [5, 5.41) is 2.48. The lowest BCUT2D eigenvalue weighted by atomic mass is 9.93. The van der Waals surface area contributed by atoms with Crippen LogP contribution in [0.3, 0.4) is 0 Å². The van der Waals surface area contributed by atoms with Crippen LogP contribution in [0.2, 0.25) is 0 Å². The largest absolute Gasteiger partial charge is 0.478 e. The molecule has 1 aromatic heterocycles. The van der Waals surface area contributed by atoms with E-state index in [4.69, 9.17) is 4.74 Å². The van der Waals surface area contributed by atoms with E-state index in [1.165, 1.54) is 7.05 Å². The van der Waals surface area contributed by atoms with Crippen LogP contribution < -0.4 is 10.1 Å². The average Bonchev–Trinajstić information content (AvgIpc) is 2.25. The molecule has 0 bridgehead atoms. The molecule has 1 rings (SSSR count). The third-order valence-corrected chi connectivity index (χ3v) is 2.32. The van der Waals surface area contributed by atoms with Gasteiger partial charge in [-0.05, 0) is 11.8 Å². The van der Waals surface area contributed by atoms with Crippen LogP contribution in [0.5, 0.6) is 5.88 Å². The Labute approximate surface area is 110 Å². The van der Waals surface area contributed by atoms with Gasteiger partial charge in [0.2, 0.25) is 11.8 Å². The predicted octanol–water partition coefficient (Wildman–Crippen LogP) is 3.35. The molecule has 0 saturated heterocycles. The molecular formula is C12H18F3N3O. The highest BCUT2D eigenvalue weighted by Gasteiger charge is 2.34. The lowest BCUT2D eigenvalue weighted by molar-refractivity contribution is -0.141. The standard InChI is InChI=1S/C12H18F3N3O/c1-11(2,3)5-6-19-9-7-8(12(13,14)15)17-10(16-4)18-9/h7H,5-6H2,1-4H3,(H,16,17,18). The van der Waals surface area contributed by atoms with Crippen molar-refractivity contribution >= 4 is 5.95 Å². The Morgan fingerprint density at radius 2 is 1.84 bits per heavy atom. The molecular weight excluding hydrogens is 259 g/mol. The van der Waals surface area contributed by atoms with Gasteiger partial charge >= 0.3 is 6.18 Å². The maximum atomic E-state index is 12.6. The summed E-state index contributed by atoms with van der Waals surface area (Å²) >= 11 is 0. The van der Waals surface area contributed by atoms with Crippen molar-refractivity contribution < 1.29 is 17.9 Å². The maximum absolute atomic E-state index is 12.6. The van der Waals surface area contributed by atoms with Crippen molar-refractivity contribution in [1.29, 1.82) is 0 Å². The van der Waals surface area contributed by atoms with Crippen LogP contribution in [0, 0.1) is 5.41 Å². The minimum atomic E-state index is -4.52. The van der Waals surface area contributed by atoms with Crippen LogP contribution in [-0.4, -0.2) is 23.6 Å². The van der Waals surface area contributed by atoms with E-state index in [-0.39, 0.29) is 17.2 Å². The second-order valence-electron chi connectivity index (χ2n) is 5.32. The molecule has 7 heteroatoms. The SMILES string of the molecule is CNc1nc(OCCC(C)(C)C)cc(C(F)(F)F)n1. The Hall–Kier alpha value is -1.53. The topological polar surface area (TPSA) is 47.0 Å². The molecule has 0 amide bonds. The van der Waals surface area contributed by atoms with E-state index in [1.54, 1.807) is 0 Å². The van der Waals surface area contributed by atoms with E-state index in [0.717, 1.165) is 6.07 Å². The Balaban J connectivity index is 2.83. The van der Waals surface area contributed by atoms with Gasteiger partial charge in [-0.15, -0.1) is 0 Å². The van der Waals surface area contributed by atoms with E-state index >= 15 is 0 Å². The molecule has 1 N–H and O–H groups in total. The van der Waals surface area contributed by atoms with Crippen LogP contribution in [0.25, 0.3) is 0 Å². The monoisotopic (exact) mass is 277 g/mol. The van der Waals surface area contributed by atoms with Crippen molar-refractivity contribution in [2.75, 3.05) is 19.0 Å². The van der Waals surface area contributed by atoms with E-state index in [9.17, 15) is 13.2 Å². The first-order chi connectivity index (χ1) is 8.62. The van der Waals surface area contributed by atoms with Crippen LogP contribution in [0.15, 0.2) is 6.07 Å². The molecule has 0 fully saturated rings. The number of ether oxygens (including phenoxy) is 1. The van der Waals surface area contributed by atoms with Gasteiger partial charge in [-0.1, -0.05) is 20.8 Å². The molecule has 4 nitrogen and oxygen atoms in total. The highest BCUT2D eigenvalue weighted by molar-refractivity contribution is 5.31. The quantitative estimate of drug-likeness (QED) is 0.916. The van der Waals surface area contributed by atoms with E-state index < -0.39 is 11.9 Å². The van der Waals surface area contributed by atoms with E-state index in [2.05, 4.69) is 15.3 Å². The number of aromatic nitrogens is 2. The molecule has 108 valence electrons. The summed E-state index contributed by atoms with van der Waals surface area (Å²) in [6.07, 6.45) is -3.80.